The average Bonchev–Trinajstić information content (AvgIpc) is 2.54. The number of hydrogen-bond donors (Lipinski definition) is 1. The van der Waals surface area contributed by atoms with E-state index < -0.39 is 8.38 Å². The van der Waals surface area contributed by atoms with Crippen LogP contribution in [0.2, 0.25) is 0 Å². The summed E-state index contributed by atoms with van der Waals surface area (Å²) in [7, 11) is -0.168. The quantitative estimate of drug-likeness (QED) is 0.538. The van der Waals surface area contributed by atoms with Gasteiger partial charge in [0.15, 0.2) is 8.38 Å². The van der Waals surface area contributed by atoms with E-state index in [2.05, 4.69) is 0 Å². The van der Waals surface area contributed by atoms with Gasteiger partial charge >= 0.3 is 5.97 Å². The van der Waals surface area contributed by atoms with Crippen molar-refractivity contribution < 1.29 is 23.7 Å². The van der Waals surface area contributed by atoms with Gasteiger partial charge in [-0.25, -0.2) is 4.79 Å². The van der Waals surface area contributed by atoms with Crippen LogP contribution in [0.3, 0.4) is 0 Å². The number of aliphatic hydroxyl groups excluding tert-OH is 1. The van der Waals surface area contributed by atoms with E-state index in [0.29, 0.717) is 34.0 Å². The molecule has 1 aromatic carbocycles. The van der Waals surface area contributed by atoms with Gasteiger partial charge in [0.1, 0.15) is 0 Å². The summed E-state index contributed by atoms with van der Waals surface area (Å²) < 4.78 is 16.1. The summed E-state index contributed by atoms with van der Waals surface area (Å²) in [5, 5.41) is 8.77. The number of carbonyl (C=O) groups excluding carboxylic acids is 1. The molecule has 0 spiro atoms. The molecule has 1 atom stereocenters. The van der Waals surface area contributed by atoms with Gasteiger partial charge in [-0.15, -0.1) is 0 Å². The SMILES string of the molecule is CCO.CCOC(=O)c1ccc(PCP(OCC)OCC)cc1. The van der Waals surface area contributed by atoms with E-state index in [-0.39, 0.29) is 12.6 Å². The van der Waals surface area contributed by atoms with E-state index in [9.17, 15) is 4.79 Å². The highest BCUT2D eigenvalue weighted by Crippen LogP contribution is 2.43. The molecule has 23 heavy (non-hydrogen) atoms. The van der Waals surface area contributed by atoms with Gasteiger partial charge in [-0.2, -0.15) is 0 Å². The van der Waals surface area contributed by atoms with Crippen molar-refractivity contribution in [2.45, 2.75) is 27.7 Å². The van der Waals surface area contributed by atoms with E-state index >= 15 is 0 Å². The summed E-state index contributed by atoms with van der Waals surface area (Å²) in [4.78, 5) is 11.5. The molecule has 0 aliphatic rings. The van der Waals surface area contributed by atoms with Crippen molar-refractivity contribution in [3.05, 3.63) is 29.8 Å². The normalized spacial score (nSPS) is 10.7. The zero-order valence-electron chi connectivity index (χ0n) is 14.4. The summed E-state index contributed by atoms with van der Waals surface area (Å²) >= 11 is 0. The van der Waals surface area contributed by atoms with Crippen molar-refractivity contribution >= 4 is 28.2 Å². The Morgan fingerprint density at radius 2 is 1.57 bits per heavy atom. The molecule has 1 unspecified atom stereocenters. The maximum Gasteiger partial charge on any atom is 0.338 e. The number of esters is 1. The molecule has 7 heteroatoms. The first-order valence-corrected chi connectivity index (χ1v) is 10.3. The fourth-order valence-electron chi connectivity index (χ4n) is 1.51. The Morgan fingerprint density at radius 3 is 2.00 bits per heavy atom. The van der Waals surface area contributed by atoms with Crippen molar-refractivity contribution in [2.24, 2.45) is 0 Å². The zero-order valence-corrected chi connectivity index (χ0v) is 16.3. The van der Waals surface area contributed by atoms with Crippen LogP contribution in [0.25, 0.3) is 0 Å². The van der Waals surface area contributed by atoms with E-state index in [1.54, 1.807) is 13.8 Å². The highest BCUT2D eigenvalue weighted by Gasteiger charge is 2.10. The molecule has 0 amide bonds. The third-order valence-electron chi connectivity index (χ3n) is 2.35. The smallest absolute Gasteiger partial charge is 0.338 e. The van der Waals surface area contributed by atoms with Crippen LogP contribution in [0.1, 0.15) is 38.1 Å². The van der Waals surface area contributed by atoms with Gasteiger partial charge < -0.3 is 18.9 Å². The third-order valence-corrected chi connectivity index (χ3v) is 5.85. The molecule has 0 radical (unpaired) electrons. The lowest BCUT2D eigenvalue weighted by molar-refractivity contribution is 0.0526. The van der Waals surface area contributed by atoms with Crippen molar-refractivity contribution in [3.63, 3.8) is 0 Å². The number of hydrogen-bond acceptors (Lipinski definition) is 5. The predicted molar refractivity (Wildman–Crippen MR) is 98.1 cm³/mol. The van der Waals surface area contributed by atoms with Crippen molar-refractivity contribution in [3.8, 4) is 0 Å². The highest BCUT2D eigenvalue weighted by atomic mass is 31.2. The molecule has 0 aliphatic heterocycles. The van der Waals surface area contributed by atoms with Crippen molar-refractivity contribution in [1.82, 2.24) is 0 Å². The van der Waals surface area contributed by atoms with Crippen molar-refractivity contribution in [1.29, 1.82) is 0 Å². The van der Waals surface area contributed by atoms with E-state index in [1.165, 1.54) is 5.30 Å². The molecule has 1 N–H and O–H groups in total. The van der Waals surface area contributed by atoms with E-state index in [4.69, 9.17) is 18.9 Å². The van der Waals surface area contributed by atoms with Crippen LogP contribution >= 0.6 is 17.0 Å². The number of carbonyl (C=O) groups is 1. The fraction of sp³-hybridized carbons (Fsp3) is 0.562. The topological polar surface area (TPSA) is 65.0 Å². The summed E-state index contributed by atoms with van der Waals surface area (Å²) in [6.45, 7) is 9.44. The molecule has 0 heterocycles. The minimum atomic E-state index is -0.790. The van der Waals surface area contributed by atoms with Gasteiger partial charge in [0, 0.05) is 12.5 Å². The van der Waals surface area contributed by atoms with Crippen LogP contribution in [-0.2, 0) is 13.8 Å². The molecule has 0 aliphatic carbocycles. The van der Waals surface area contributed by atoms with Crippen LogP contribution in [0.4, 0.5) is 0 Å². The van der Waals surface area contributed by atoms with Gasteiger partial charge in [-0.3, -0.25) is 0 Å². The first kappa shape index (κ1) is 22.4. The molecule has 0 aromatic heterocycles. The predicted octanol–water partition coefficient (Wildman–Crippen LogP) is 3.51. The summed E-state index contributed by atoms with van der Waals surface area (Å²) in [5.74, 6) is 0.628. The first-order valence-electron chi connectivity index (χ1n) is 7.78. The van der Waals surface area contributed by atoms with Crippen LogP contribution in [-0.4, -0.2) is 43.4 Å². The Hall–Kier alpha value is -0.570. The zero-order chi connectivity index (χ0) is 17.5. The van der Waals surface area contributed by atoms with Crippen LogP contribution in [0, 0.1) is 0 Å². The number of aliphatic hydroxyl groups is 1. The second kappa shape index (κ2) is 15.0. The van der Waals surface area contributed by atoms with Gasteiger partial charge in [-0.05, 0) is 45.1 Å². The Morgan fingerprint density at radius 1 is 1.04 bits per heavy atom. The van der Waals surface area contributed by atoms with Gasteiger partial charge in [0.05, 0.1) is 25.4 Å². The maximum absolute atomic E-state index is 11.5. The Balaban J connectivity index is 0.00000149. The highest BCUT2D eigenvalue weighted by molar-refractivity contribution is 7.64. The Bertz CT molecular complexity index is 405. The second-order valence-corrected chi connectivity index (χ2v) is 7.49. The minimum absolute atomic E-state index is 0.250. The molecule has 0 saturated carbocycles. The van der Waals surface area contributed by atoms with Crippen LogP contribution in [0.5, 0.6) is 0 Å². The first-order chi connectivity index (χ1) is 11.1. The molecule has 5 nitrogen and oxygen atoms in total. The van der Waals surface area contributed by atoms with Crippen LogP contribution in [0.15, 0.2) is 24.3 Å². The lowest BCUT2D eigenvalue weighted by Crippen LogP contribution is -2.06. The lowest BCUT2D eigenvalue weighted by atomic mass is 10.2. The monoisotopic (exact) mass is 362 g/mol. The fourth-order valence-corrected chi connectivity index (χ4v) is 4.54. The average molecular weight is 362 g/mol. The number of ether oxygens (including phenoxy) is 1. The molecule has 1 rings (SSSR count). The number of benzene rings is 1. The summed E-state index contributed by atoms with van der Waals surface area (Å²) in [6, 6.07) is 7.56. The summed E-state index contributed by atoms with van der Waals surface area (Å²) in [5.41, 5.74) is 0.595. The van der Waals surface area contributed by atoms with Crippen molar-refractivity contribution in [2.75, 3.05) is 32.3 Å². The largest absolute Gasteiger partial charge is 0.462 e. The molecule has 0 bridgehead atoms. The molecule has 0 fully saturated rings. The summed E-state index contributed by atoms with van der Waals surface area (Å²) in [6.07, 6.45) is 0. The third kappa shape index (κ3) is 10.8. The lowest BCUT2D eigenvalue weighted by Gasteiger charge is -2.15. The van der Waals surface area contributed by atoms with Gasteiger partial charge in [0.2, 0.25) is 0 Å². The van der Waals surface area contributed by atoms with Gasteiger partial charge in [-0.1, -0.05) is 20.7 Å². The molecular weight excluding hydrogens is 334 g/mol. The Labute approximate surface area is 142 Å². The van der Waals surface area contributed by atoms with Crippen LogP contribution < -0.4 is 5.30 Å². The molecule has 0 saturated heterocycles. The maximum atomic E-state index is 11.5. The molecule has 1 aromatic rings. The Kier molecular flexibility index (Phi) is 14.6. The van der Waals surface area contributed by atoms with Gasteiger partial charge in [0.25, 0.3) is 0 Å². The molecular formula is C16H28O5P2. The standard InChI is InChI=1S/C14H22O4P2.C2H6O/c1-4-16-14(15)12-7-9-13(10-8-12)19-11-20(17-5-2)18-6-3;1-2-3/h7-10,19H,4-6,11H2,1-3H3;3H,2H2,1H3. The van der Waals surface area contributed by atoms with E-state index in [1.807, 2.05) is 38.1 Å². The molecule has 132 valence electrons. The van der Waals surface area contributed by atoms with E-state index in [0.717, 1.165) is 5.90 Å². The minimum Gasteiger partial charge on any atom is -0.462 e. The second-order valence-electron chi connectivity index (χ2n) is 4.12. The number of rotatable bonds is 9.